The highest BCUT2D eigenvalue weighted by atomic mass is 16.2. The minimum absolute atomic E-state index is 0.249. The van der Waals surface area contributed by atoms with Gasteiger partial charge in [-0.1, -0.05) is 6.92 Å². The molecule has 0 unspecified atom stereocenters. The molecule has 2 fully saturated rings. The first-order chi connectivity index (χ1) is 7.81. The third kappa shape index (κ3) is 3.21. The number of piperidine rings is 1. The monoisotopic (exact) mass is 224 g/mol. The average Bonchev–Trinajstić information content (AvgIpc) is 3.13. The molecule has 1 N–H and O–H groups in total. The molecule has 2 rings (SSSR count). The van der Waals surface area contributed by atoms with Crippen molar-refractivity contribution in [3.63, 3.8) is 0 Å². The van der Waals surface area contributed by atoms with Crippen LogP contribution in [0.2, 0.25) is 0 Å². The van der Waals surface area contributed by atoms with Gasteiger partial charge in [-0.3, -0.25) is 4.79 Å². The normalized spacial score (nSPS) is 25.4. The van der Waals surface area contributed by atoms with E-state index in [-0.39, 0.29) is 5.92 Å². The SMILES string of the molecule is CCCN(CC1CC1)C(=O)[C@@H]1CCCNC1. The molecule has 1 amide bonds. The second-order valence-corrected chi connectivity index (χ2v) is 5.27. The Balaban J connectivity index is 1.86. The molecule has 0 aromatic heterocycles. The van der Waals surface area contributed by atoms with Crippen molar-refractivity contribution in [2.75, 3.05) is 26.2 Å². The molecule has 16 heavy (non-hydrogen) atoms. The van der Waals surface area contributed by atoms with E-state index in [4.69, 9.17) is 0 Å². The first-order valence-electron chi connectivity index (χ1n) is 6.80. The van der Waals surface area contributed by atoms with Gasteiger partial charge in [0.1, 0.15) is 0 Å². The highest BCUT2D eigenvalue weighted by Crippen LogP contribution is 2.30. The molecule has 2 aliphatic rings. The van der Waals surface area contributed by atoms with E-state index in [0.717, 1.165) is 51.4 Å². The Morgan fingerprint density at radius 1 is 1.38 bits per heavy atom. The molecule has 0 aromatic rings. The van der Waals surface area contributed by atoms with Gasteiger partial charge in [0, 0.05) is 19.6 Å². The molecule has 0 spiro atoms. The van der Waals surface area contributed by atoms with Gasteiger partial charge >= 0.3 is 0 Å². The lowest BCUT2D eigenvalue weighted by Gasteiger charge is -2.29. The summed E-state index contributed by atoms with van der Waals surface area (Å²) in [6, 6.07) is 0. The summed E-state index contributed by atoms with van der Waals surface area (Å²) in [4.78, 5) is 14.5. The Hall–Kier alpha value is -0.570. The van der Waals surface area contributed by atoms with Gasteiger partial charge in [-0.25, -0.2) is 0 Å². The highest BCUT2D eigenvalue weighted by molar-refractivity contribution is 5.79. The zero-order chi connectivity index (χ0) is 11.4. The number of nitrogens with zero attached hydrogens (tertiary/aromatic N) is 1. The lowest BCUT2D eigenvalue weighted by molar-refractivity contribution is -0.136. The molecule has 3 nitrogen and oxygen atoms in total. The number of amides is 1. The van der Waals surface area contributed by atoms with Gasteiger partial charge in [-0.2, -0.15) is 0 Å². The lowest BCUT2D eigenvalue weighted by Crippen LogP contribution is -2.44. The van der Waals surface area contributed by atoms with Gasteiger partial charge in [-0.05, 0) is 44.6 Å². The number of nitrogens with one attached hydrogen (secondary N) is 1. The predicted octanol–water partition coefficient (Wildman–Crippen LogP) is 1.63. The summed E-state index contributed by atoms with van der Waals surface area (Å²) in [6.45, 7) is 6.10. The quantitative estimate of drug-likeness (QED) is 0.770. The molecule has 1 aliphatic heterocycles. The summed E-state index contributed by atoms with van der Waals surface area (Å²) in [5, 5.41) is 3.33. The van der Waals surface area contributed by atoms with E-state index < -0.39 is 0 Å². The first kappa shape index (κ1) is 11.9. The van der Waals surface area contributed by atoms with E-state index in [1.165, 1.54) is 12.8 Å². The maximum absolute atomic E-state index is 12.3. The van der Waals surface area contributed by atoms with Gasteiger partial charge in [0.25, 0.3) is 0 Å². The van der Waals surface area contributed by atoms with Gasteiger partial charge in [0.2, 0.25) is 5.91 Å². The van der Waals surface area contributed by atoms with Gasteiger partial charge in [0.15, 0.2) is 0 Å². The molecule has 1 saturated heterocycles. The molecule has 3 heteroatoms. The van der Waals surface area contributed by atoms with Crippen LogP contribution in [0.4, 0.5) is 0 Å². The van der Waals surface area contributed by atoms with Crippen LogP contribution < -0.4 is 5.32 Å². The standard InChI is InChI=1S/C13H24N2O/c1-2-8-15(10-11-5-6-11)13(16)12-4-3-7-14-9-12/h11-12,14H,2-10H2,1H3/t12-/m1/s1. The van der Waals surface area contributed by atoms with E-state index in [2.05, 4.69) is 17.1 Å². The van der Waals surface area contributed by atoms with Crippen molar-refractivity contribution in [3.05, 3.63) is 0 Å². The number of hydrogen-bond acceptors (Lipinski definition) is 2. The van der Waals surface area contributed by atoms with Crippen LogP contribution in [0, 0.1) is 11.8 Å². The van der Waals surface area contributed by atoms with Crippen LogP contribution in [0.1, 0.15) is 39.0 Å². The third-order valence-electron chi connectivity index (χ3n) is 3.63. The van der Waals surface area contributed by atoms with Crippen molar-refractivity contribution in [1.82, 2.24) is 10.2 Å². The Kier molecular flexibility index (Phi) is 4.22. The number of hydrogen-bond donors (Lipinski definition) is 1. The van der Waals surface area contributed by atoms with Crippen molar-refractivity contribution in [2.24, 2.45) is 11.8 Å². The maximum Gasteiger partial charge on any atom is 0.226 e. The molecular formula is C13H24N2O. The first-order valence-corrected chi connectivity index (χ1v) is 6.80. The topological polar surface area (TPSA) is 32.3 Å². The van der Waals surface area contributed by atoms with Crippen LogP contribution in [0.5, 0.6) is 0 Å². The maximum atomic E-state index is 12.3. The second kappa shape index (κ2) is 5.67. The fourth-order valence-corrected chi connectivity index (χ4v) is 2.49. The van der Waals surface area contributed by atoms with E-state index in [9.17, 15) is 4.79 Å². The molecule has 1 heterocycles. The molecule has 92 valence electrons. The third-order valence-corrected chi connectivity index (χ3v) is 3.63. The molecule has 1 aliphatic carbocycles. The van der Waals surface area contributed by atoms with Gasteiger partial charge < -0.3 is 10.2 Å². The minimum Gasteiger partial charge on any atom is -0.342 e. The summed E-state index contributed by atoms with van der Waals surface area (Å²) in [6.07, 6.45) is 5.97. The Bertz CT molecular complexity index is 232. The van der Waals surface area contributed by atoms with Crippen molar-refractivity contribution >= 4 is 5.91 Å². The zero-order valence-corrected chi connectivity index (χ0v) is 10.4. The van der Waals surface area contributed by atoms with E-state index in [1.54, 1.807) is 0 Å². The molecule has 0 aromatic carbocycles. The Morgan fingerprint density at radius 3 is 2.75 bits per heavy atom. The van der Waals surface area contributed by atoms with Crippen molar-refractivity contribution in [2.45, 2.75) is 39.0 Å². The summed E-state index contributed by atoms with van der Waals surface area (Å²) in [5.74, 6) is 1.46. The van der Waals surface area contributed by atoms with Crippen molar-refractivity contribution in [3.8, 4) is 0 Å². The van der Waals surface area contributed by atoms with E-state index in [0.29, 0.717) is 5.91 Å². The van der Waals surface area contributed by atoms with Crippen LogP contribution in [0.3, 0.4) is 0 Å². The van der Waals surface area contributed by atoms with Crippen LogP contribution in [0.15, 0.2) is 0 Å². The fraction of sp³-hybridized carbons (Fsp3) is 0.923. The van der Waals surface area contributed by atoms with Crippen LogP contribution in [-0.4, -0.2) is 37.0 Å². The van der Waals surface area contributed by atoms with Crippen molar-refractivity contribution < 1.29 is 4.79 Å². The molecule has 1 atom stereocenters. The van der Waals surface area contributed by atoms with Crippen LogP contribution >= 0.6 is 0 Å². The number of carbonyl (C=O) groups excluding carboxylic acids is 1. The molecular weight excluding hydrogens is 200 g/mol. The Labute approximate surface area is 98.6 Å². The smallest absolute Gasteiger partial charge is 0.226 e. The average molecular weight is 224 g/mol. The largest absolute Gasteiger partial charge is 0.342 e. The number of rotatable bonds is 5. The summed E-state index contributed by atoms with van der Waals surface area (Å²) in [5.41, 5.74) is 0. The fourth-order valence-electron chi connectivity index (χ4n) is 2.49. The Morgan fingerprint density at radius 2 is 2.19 bits per heavy atom. The summed E-state index contributed by atoms with van der Waals surface area (Å²) < 4.78 is 0. The van der Waals surface area contributed by atoms with Crippen LogP contribution in [0.25, 0.3) is 0 Å². The molecule has 1 saturated carbocycles. The van der Waals surface area contributed by atoms with Crippen molar-refractivity contribution in [1.29, 1.82) is 0 Å². The lowest BCUT2D eigenvalue weighted by atomic mass is 9.98. The summed E-state index contributed by atoms with van der Waals surface area (Å²) >= 11 is 0. The van der Waals surface area contributed by atoms with Gasteiger partial charge in [0.05, 0.1) is 5.92 Å². The summed E-state index contributed by atoms with van der Waals surface area (Å²) in [7, 11) is 0. The minimum atomic E-state index is 0.249. The van der Waals surface area contributed by atoms with E-state index >= 15 is 0 Å². The van der Waals surface area contributed by atoms with E-state index in [1.807, 2.05) is 0 Å². The van der Waals surface area contributed by atoms with Crippen LogP contribution in [-0.2, 0) is 4.79 Å². The molecule has 0 radical (unpaired) electrons. The molecule has 0 bridgehead atoms. The zero-order valence-electron chi connectivity index (χ0n) is 10.4. The highest BCUT2D eigenvalue weighted by Gasteiger charge is 2.30. The predicted molar refractivity (Wildman–Crippen MR) is 65.2 cm³/mol. The van der Waals surface area contributed by atoms with Gasteiger partial charge in [-0.15, -0.1) is 0 Å². The number of carbonyl (C=O) groups is 1. The second-order valence-electron chi connectivity index (χ2n) is 5.27.